The van der Waals surface area contributed by atoms with Gasteiger partial charge in [-0.1, -0.05) is 12.2 Å². The lowest BCUT2D eigenvalue weighted by molar-refractivity contribution is -0.222. The van der Waals surface area contributed by atoms with Gasteiger partial charge in [-0.05, 0) is 50.7 Å². The van der Waals surface area contributed by atoms with Gasteiger partial charge in [-0.15, -0.1) is 0 Å². The zero-order chi connectivity index (χ0) is 28.5. The summed E-state index contributed by atoms with van der Waals surface area (Å²) in [6.45, 7) is 2.47. The summed E-state index contributed by atoms with van der Waals surface area (Å²) in [6.07, 6.45) is -7.18. The second-order valence-electron chi connectivity index (χ2n) is 9.65. The first-order valence-electron chi connectivity index (χ1n) is 12.3. The summed E-state index contributed by atoms with van der Waals surface area (Å²) in [6, 6.07) is 2.27. The maximum absolute atomic E-state index is 15.0. The monoisotopic (exact) mass is 568 g/mol. The Morgan fingerprint density at radius 1 is 0.795 bits per heavy atom. The standard InChI is InChI=1S/C27H25F9O3/c1-2-3-14-12-37-25(38-13-14)16-8-19(28)23(20(29)9-16)15-4-6-17(7-5-15)27(35,36)39-18-10-21(30)24(22(31)11-18)26(32,33)34/h2-3,8-11,14-15,17,25H,4-7,12-13H2,1H3/b3-2+. The summed E-state index contributed by atoms with van der Waals surface area (Å²) in [5.74, 6) is -9.22. The second kappa shape index (κ2) is 11.4. The van der Waals surface area contributed by atoms with Crippen molar-refractivity contribution >= 4 is 0 Å². The SMILES string of the molecule is C/C=C/C1COC(c2cc(F)c(C3CCC(C(F)(F)Oc4cc(F)c(C(F)(F)F)c(F)c4)CC3)c(F)c2)OC1. The molecule has 1 heterocycles. The first-order valence-corrected chi connectivity index (χ1v) is 12.3. The Kier molecular flexibility index (Phi) is 8.55. The van der Waals surface area contributed by atoms with Gasteiger partial charge in [0.15, 0.2) is 6.29 Å². The van der Waals surface area contributed by atoms with Gasteiger partial charge in [-0.2, -0.15) is 22.0 Å². The molecule has 2 aliphatic rings. The smallest absolute Gasteiger partial charge is 0.422 e. The van der Waals surface area contributed by atoms with Crippen LogP contribution in [-0.2, 0) is 15.7 Å². The number of halogens is 9. The molecule has 2 aromatic rings. The minimum absolute atomic E-state index is 0.0230. The summed E-state index contributed by atoms with van der Waals surface area (Å²) in [5, 5.41) is 0. The van der Waals surface area contributed by atoms with Gasteiger partial charge >= 0.3 is 12.3 Å². The molecule has 3 nitrogen and oxygen atoms in total. The fraction of sp³-hybridized carbons (Fsp3) is 0.481. The highest BCUT2D eigenvalue weighted by Crippen LogP contribution is 2.45. The summed E-state index contributed by atoms with van der Waals surface area (Å²) in [5.41, 5.74) is -2.32. The van der Waals surface area contributed by atoms with Crippen LogP contribution in [0.25, 0.3) is 0 Å². The fourth-order valence-corrected chi connectivity index (χ4v) is 5.06. The van der Waals surface area contributed by atoms with Gasteiger partial charge in [-0.3, -0.25) is 0 Å². The van der Waals surface area contributed by atoms with Crippen molar-refractivity contribution in [1.82, 2.24) is 0 Å². The molecule has 1 saturated heterocycles. The van der Waals surface area contributed by atoms with Crippen LogP contribution in [0.3, 0.4) is 0 Å². The van der Waals surface area contributed by atoms with Crippen LogP contribution in [0.5, 0.6) is 5.75 Å². The van der Waals surface area contributed by atoms with E-state index in [1.165, 1.54) is 0 Å². The van der Waals surface area contributed by atoms with Gasteiger partial charge in [0, 0.05) is 29.2 Å². The van der Waals surface area contributed by atoms with Gasteiger partial charge < -0.3 is 14.2 Å². The number of hydrogen-bond donors (Lipinski definition) is 0. The molecular weight excluding hydrogens is 543 g/mol. The van der Waals surface area contributed by atoms with E-state index >= 15 is 0 Å². The molecule has 214 valence electrons. The quantitative estimate of drug-likeness (QED) is 0.259. The first kappa shape index (κ1) is 29.3. The van der Waals surface area contributed by atoms with Crippen molar-refractivity contribution in [2.24, 2.45) is 11.8 Å². The Morgan fingerprint density at radius 3 is 1.82 bits per heavy atom. The highest BCUT2D eigenvalue weighted by atomic mass is 19.4. The average Bonchev–Trinajstić information content (AvgIpc) is 2.83. The molecular formula is C27H25F9O3. The van der Waals surface area contributed by atoms with Crippen LogP contribution >= 0.6 is 0 Å². The summed E-state index contributed by atoms with van der Waals surface area (Å²) < 4.78 is 141. The molecule has 4 rings (SSSR count). The molecule has 1 saturated carbocycles. The van der Waals surface area contributed by atoms with E-state index in [-0.39, 0.29) is 54.9 Å². The Bertz CT molecular complexity index is 1150. The van der Waals surface area contributed by atoms with Crippen LogP contribution in [0.15, 0.2) is 36.4 Å². The largest absolute Gasteiger partial charge is 0.432 e. The van der Waals surface area contributed by atoms with Crippen molar-refractivity contribution < 1.29 is 53.7 Å². The van der Waals surface area contributed by atoms with Crippen LogP contribution in [0.2, 0.25) is 0 Å². The maximum atomic E-state index is 15.0. The van der Waals surface area contributed by atoms with Gasteiger partial charge in [0.1, 0.15) is 34.6 Å². The second-order valence-corrected chi connectivity index (χ2v) is 9.65. The minimum atomic E-state index is -5.36. The maximum Gasteiger partial charge on any atom is 0.422 e. The van der Waals surface area contributed by atoms with Crippen molar-refractivity contribution in [3.8, 4) is 5.75 Å². The van der Waals surface area contributed by atoms with E-state index in [0.717, 1.165) is 12.1 Å². The predicted molar refractivity (Wildman–Crippen MR) is 121 cm³/mol. The number of allylic oxidation sites excluding steroid dienone is 1. The molecule has 39 heavy (non-hydrogen) atoms. The molecule has 1 aliphatic carbocycles. The third kappa shape index (κ3) is 6.54. The number of hydrogen-bond acceptors (Lipinski definition) is 3. The molecule has 12 heteroatoms. The Balaban J connectivity index is 1.40. The van der Waals surface area contributed by atoms with E-state index in [4.69, 9.17) is 9.47 Å². The molecule has 2 fully saturated rings. The molecule has 0 atom stereocenters. The van der Waals surface area contributed by atoms with Crippen molar-refractivity contribution in [1.29, 1.82) is 0 Å². The molecule has 0 radical (unpaired) electrons. The van der Waals surface area contributed by atoms with E-state index in [1.54, 1.807) is 0 Å². The molecule has 0 aromatic heterocycles. The lowest BCUT2D eigenvalue weighted by Crippen LogP contribution is -2.37. The van der Waals surface area contributed by atoms with Crippen LogP contribution < -0.4 is 4.74 Å². The summed E-state index contributed by atoms with van der Waals surface area (Å²) in [7, 11) is 0. The molecule has 0 amide bonds. The summed E-state index contributed by atoms with van der Waals surface area (Å²) >= 11 is 0. The number of benzene rings is 2. The first-order chi connectivity index (χ1) is 18.3. The summed E-state index contributed by atoms with van der Waals surface area (Å²) in [4.78, 5) is 0. The molecule has 0 N–H and O–H groups in total. The third-order valence-corrected chi connectivity index (χ3v) is 6.93. The highest BCUT2D eigenvalue weighted by Gasteiger charge is 2.46. The van der Waals surface area contributed by atoms with E-state index in [0.29, 0.717) is 13.2 Å². The van der Waals surface area contributed by atoms with Gasteiger partial charge in [-0.25, -0.2) is 17.6 Å². The van der Waals surface area contributed by atoms with Crippen LogP contribution in [0.1, 0.15) is 61.5 Å². The predicted octanol–water partition coefficient (Wildman–Crippen LogP) is 8.45. The highest BCUT2D eigenvalue weighted by molar-refractivity contribution is 5.33. The Morgan fingerprint density at radius 2 is 1.33 bits per heavy atom. The Labute approximate surface area is 218 Å². The van der Waals surface area contributed by atoms with Crippen molar-refractivity contribution in [2.75, 3.05) is 13.2 Å². The number of alkyl halides is 5. The molecule has 0 unspecified atom stereocenters. The molecule has 0 spiro atoms. The molecule has 0 bridgehead atoms. The number of ether oxygens (including phenoxy) is 3. The van der Waals surface area contributed by atoms with E-state index in [2.05, 4.69) is 4.74 Å². The van der Waals surface area contributed by atoms with Crippen molar-refractivity contribution in [3.05, 3.63) is 76.4 Å². The zero-order valence-electron chi connectivity index (χ0n) is 20.6. The molecule has 2 aromatic carbocycles. The van der Waals surface area contributed by atoms with E-state index in [9.17, 15) is 39.5 Å². The lowest BCUT2D eigenvalue weighted by atomic mass is 9.77. The normalized spacial score (nSPS) is 24.8. The van der Waals surface area contributed by atoms with Crippen LogP contribution in [-0.4, -0.2) is 19.3 Å². The van der Waals surface area contributed by atoms with Gasteiger partial charge in [0.05, 0.1) is 19.1 Å². The van der Waals surface area contributed by atoms with Gasteiger partial charge in [0.25, 0.3) is 0 Å². The topological polar surface area (TPSA) is 27.7 Å². The van der Waals surface area contributed by atoms with Crippen LogP contribution in [0, 0.1) is 35.1 Å². The van der Waals surface area contributed by atoms with Crippen molar-refractivity contribution in [3.63, 3.8) is 0 Å². The molecule has 1 aliphatic heterocycles. The van der Waals surface area contributed by atoms with E-state index in [1.807, 2.05) is 19.1 Å². The lowest BCUT2D eigenvalue weighted by Gasteiger charge is -2.34. The van der Waals surface area contributed by atoms with Gasteiger partial charge in [0.2, 0.25) is 0 Å². The van der Waals surface area contributed by atoms with E-state index < -0.39 is 65.0 Å². The third-order valence-electron chi connectivity index (χ3n) is 6.93. The average molecular weight is 568 g/mol. The number of rotatable bonds is 6. The zero-order valence-corrected chi connectivity index (χ0v) is 20.6. The van der Waals surface area contributed by atoms with Crippen molar-refractivity contribution in [2.45, 2.75) is 57.1 Å². The Hall–Kier alpha value is -2.73. The fourth-order valence-electron chi connectivity index (χ4n) is 5.06. The van der Waals surface area contributed by atoms with Crippen LogP contribution in [0.4, 0.5) is 39.5 Å². The minimum Gasteiger partial charge on any atom is -0.432 e.